The van der Waals surface area contributed by atoms with Crippen LogP contribution in [-0.2, 0) is 16.0 Å². The Bertz CT molecular complexity index is 1100. The highest BCUT2D eigenvalue weighted by Crippen LogP contribution is 2.20. The number of nitrogens with one attached hydrogen (secondary N) is 1. The molecule has 0 saturated heterocycles. The molecule has 1 aromatic heterocycles. The first-order chi connectivity index (χ1) is 14.9. The molecule has 0 unspecified atom stereocenters. The van der Waals surface area contributed by atoms with Crippen molar-refractivity contribution in [2.75, 3.05) is 6.61 Å². The maximum Gasteiger partial charge on any atom is 0.338 e. The number of hydrogen-bond acceptors (Lipinski definition) is 4. The quantitative estimate of drug-likeness (QED) is 0.301. The molecule has 160 valence electrons. The lowest BCUT2D eigenvalue weighted by Gasteiger charge is -2.10. The second kappa shape index (κ2) is 10.2. The highest BCUT2D eigenvalue weighted by Gasteiger charge is 2.11. The van der Waals surface area contributed by atoms with Gasteiger partial charge in [0.05, 0.1) is 24.8 Å². The van der Waals surface area contributed by atoms with Gasteiger partial charge in [0.1, 0.15) is 0 Å². The number of esters is 1. The normalized spacial score (nSPS) is 11.0. The van der Waals surface area contributed by atoms with E-state index in [4.69, 9.17) is 4.74 Å². The number of rotatable bonds is 7. The molecule has 2 aromatic carbocycles. The zero-order chi connectivity index (χ0) is 22.4. The van der Waals surface area contributed by atoms with Crippen LogP contribution in [0.25, 0.3) is 5.69 Å². The molecule has 0 aliphatic heterocycles. The van der Waals surface area contributed by atoms with Crippen molar-refractivity contribution in [2.45, 2.75) is 27.2 Å². The molecule has 1 N–H and O–H groups in total. The van der Waals surface area contributed by atoms with E-state index in [1.807, 2.05) is 56.3 Å². The van der Waals surface area contributed by atoms with Crippen LogP contribution in [0.5, 0.6) is 0 Å². The Labute approximate surface area is 190 Å². The molecule has 0 saturated carbocycles. The summed E-state index contributed by atoms with van der Waals surface area (Å²) in [5, 5.41) is 4.11. The lowest BCUT2D eigenvalue weighted by atomic mass is 10.1. The first kappa shape index (κ1) is 22.5. The largest absolute Gasteiger partial charge is 0.462 e. The minimum atomic E-state index is -0.332. The summed E-state index contributed by atoms with van der Waals surface area (Å²) < 4.78 is 8.07. The van der Waals surface area contributed by atoms with Crippen molar-refractivity contribution in [3.05, 3.63) is 87.1 Å². The number of ether oxygens (including phenoxy) is 1. The summed E-state index contributed by atoms with van der Waals surface area (Å²) in [6, 6.07) is 16.9. The number of aromatic nitrogens is 1. The Morgan fingerprint density at radius 3 is 2.42 bits per heavy atom. The maximum absolute atomic E-state index is 12.1. The summed E-state index contributed by atoms with van der Waals surface area (Å²) in [6.07, 6.45) is 1.90. The molecule has 0 radical (unpaired) electrons. The molecule has 6 nitrogen and oxygen atoms in total. The van der Waals surface area contributed by atoms with Gasteiger partial charge in [-0.05, 0) is 68.8 Å². The third-order valence-electron chi connectivity index (χ3n) is 4.78. The number of aryl methyl sites for hydroxylation is 1. The van der Waals surface area contributed by atoms with Crippen LogP contribution in [-0.4, -0.2) is 29.3 Å². The number of halogens is 1. The minimum absolute atomic E-state index is 0.179. The fourth-order valence-corrected chi connectivity index (χ4v) is 3.54. The third kappa shape index (κ3) is 5.70. The highest BCUT2D eigenvalue weighted by molar-refractivity contribution is 9.10. The zero-order valence-corrected chi connectivity index (χ0v) is 19.3. The Balaban J connectivity index is 1.68. The summed E-state index contributed by atoms with van der Waals surface area (Å²) in [7, 11) is 0. The zero-order valence-electron chi connectivity index (χ0n) is 17.7. The van der Waals surface area contributed by atoms with Crippen LogP contribution in [0.1, 0.15) is 39.8 Å². The van der Waals surface area contributed by atoms with E-state index in [1.54, 1.807) is 25.3 Å². The number of nitrogens with zero attached hydrogens (tertiary/aromatic N) is 2. The predicted molar refractivity (Wildman–Crippen MR) is 125 cm³/mol. The van der Waals surface area contributed by atoms with Crippen molar-refractivity contribution >= 4 is 34.0 Å². The van der Waals surface area contributed by atoms with E-state index in [0.717, 1.165) is 32.7 Å². The van der Waals surface area contributed by atoms with Gasteiger partial charge < -0.3 is 9.30 Å². The van der Waals surface area contributed by atoms with Gasteiger partial charge >= 0.3 is 5.97 Å². The Hall–Kier alpha value is -3.19. The summed E-state index contributed by atoms with van der Waals surface area (Å²) in [5.41, 5.74) is 7.84. The molecule has 31 heavy (non-hydrogen) atoms. The Morgan fingerprint density at radius 1 is 1.10 bits per heavy atom. The van der Waals surface area contributed by atoms with Gasteiger partial charge in [-0.15, -0.1) is 0 Å². The topological polar surface area (TPSA) is 72.7 Å². The second-order valence-corrected chi connectivity index (χ2v) is 7.94. The summed E-state index contributed by atoms with van der Waals surface area (Å²) >= 11 is 3.38. The fourth-order valence-electron chi connectivity index (χ4n) is 3.28. The number of carbonyl (C=O) groups excluding carboxylic acids is 2. The van der Waals surface area contributed by atoms with Crippen molar-refractivity contribution in [1.82, 2.24) is 9.99 Å². The molecule has 0 bridgehead atoms. The molecule has 0 aliphatic rings. The predicted octanol–water partition coefficient (Wildman–Crippen LogP) is 4.73. The minimum Gasteiger partial charge on any atom is -0.462 e. The van der Waals surface area contributed by atoms with E-state index in [0.29, 0.717) is 12.2 Å². The van der Waals surface area contributed by atoms with Gasteiger partial charge in [0.15, 0.2) is 0 Å². The summed E-state index contributed by atoms with van der Waals surface area (Å²) in [5.74, 6) is -0.511. The van der Waals surface area contributed by atoms with Gasteiger partial charge in [-0.1, -0.05) is 28.1 Å². The SMILES string of the molecule is CCOC(=O)c1ccc(-n2c(C)cc(/C=N/NC(=O)Cc3ccc(Br)cc3)c2C)cc1. The number of carbonyl (C=O) groups is 2. The van der Waals surface area contributed by atoms with Crippen molar-refractivity contribution in [3.8, 4) is 5.69 Å². The molecular weight excluding hydrogens is 458 g/mol. The van der Waals surface area contributed by atoms with Crippen molar-refractivity contribution in [3.63, 3.8) is 0 Å². The molecule has 0 fully saturated rings. The van der Waals surface area contributed by atoms with Crippen LogP contribution in [0, 0.1) is 13.8 Å². The average molecular weight is 482 g/mol. The molecule has 1 heterocycles. The Kier molecular flexibility index (Phi) is 7.41. The molecule has 0 aliphatic carbocycles. The fraction of sp³-hybridized carbons (Fsp3) is 0.208. The van der Waals surface area contributed by atoms with Crippen LogP contribution < -0.4 is 5.43 Å². The lowest BCUT2D eigenvalue weighted by Crippen LogP contribution is -2.19. The van der Waals surface area contributed by atoms with Crippen LogP contribution >= 0.6 is 15.9 Å². The van der Waals surface area contributed by atoms with E-state index in [9.17, 15) is 9.59 Å². The van der Waals surface area contributed by atoms with E-state index in [1.165, 1.54) is 0 Å². The monoisotopic (exact) mass is 481 g/mol. The number of hydrogen-bond donors (Lipinski definition) is 1. The number of benzene rings is 2. The van der Waals surface area contributed by atoms with E-state index in [2.05, 4.69) is 31.0 Å². The maximum atomic E-state index is 12.1. The Morgan fingerprint density at radius 2 is 1.77 bits per heavy atom. The second-order valence-electron chi connectivity index (χ2n) is 7.03. The van der Waals surface area contributed by atoms with Crippen molar-refractivity contribution < 1.29 is 14.3 Å². The van der Waals surface area contributed by atoms with Crippen LogP contribution in [0.3, 0.4) is 0 Å². The van der Waals surface area contributed by atoms with Gasteiger partial charge in [-0.25, -0.2) is 10.2 Å². The smallest absolute Gasteiger partial charge is 0.338 e. The van der Waals surface area contributed by atoms with Crippen LogP contribution in [0.15, 0.2) is 64.2 Å². The molecule has 3 rings (SSSR count). The lowest BCUT2D eigenvalue weighted by molar-refractivity contribution is -0.120. The molecule has 1 amide bonds. The van der Waals surface area contributed by atoms with E-state index >= 15 is 0 Å². The standard InChI is InChI=1S/C24H24BrN3O3/c1-4-31-24(30)19-7-11-22(12-8-19)28-16(2)13-20(17(28)3)15-26-27-23(29)14-18-5-9-21(25)10-6-18/h5-13,15H,4,14H2,1-3H3,(H,27,29)/b26-15+. The van der Waals surface area contributed by atoms with Gasteiger partial charge in [0.25, 0.3) is 0 Å². The first-order valence-electron chi connectivity index (χ1n) is 9.92. The van der Waals surface area contributed by atoms with Crippen LogP contribution in [0.2, 0.25) is 0 Å². The highest BCUT2D eigenvalue weighted by atomic mass is 79.9. The molecule has 7 heteroatoms. The van der Waals surface area contributed by atoms with Gasteiger partial charge in [-0.2, -0.15) is 5.10 Å². The first-order valence-corrected chi connectivity index (χ1v) is 10.7. The van der Waals surface area contributed by atoms with Crippen molar-refractivity contribution in [2.24, 2.45) is 5.10 Å². The van der Waals surface area contributed by atoms with E-state index in [-0.39, 0.29) is 18.3 Å². The molecule has 0 atom stereocenters. The van der Waals surface area contributed by atoms with Gasteiger partial charge in [0, 0.05) is 27.1 Å². The van der Waals surface area contributed by atoms with Gasteiger partial charge in [-0.3, -0.25) is 4.79 Å². The summed E-state index contributed by atoms with van der Waals surface area (Å²) in [6.45, 7) is 6.11. The van der Waals surface area contributed by atoms with E-state index < -0.39 is 0 Å². The van der Waals surface area contributed by atoms with Gasteiger partial charge in [0.2, 0.25) is 5.91 Å². The summed E-state index contributed by atoms with van der Waals surface area (Å²) in [4.78, 5) is 24.0. The molecular formula is C24H24BrN3O3. The number of amides is 1. The van der Waals surface area contributed by atoms with Crippen LogP contribution in [0.4, 0.5) is 0 Å². The van der Waals surface area contributed by atoms with Crippen molar-refractivity contribution in [1.29, 1.82) is 0 Å². The molecule has 0 spiro atoms. The average Bonchev–Trinajstić information content (AvgIpc) is 3.03. The third-order valence-corrected chi connectivity index (χ3v) is 5.31. The number of hydrazone groups is 1. The molecule has 3 aromatic rings.